The van der Waals surface area contributed by atoms with Crippen molar-refractivity contribution in [3.05, 3.63) is 89.7 Å². The standard InChI is InChI=1S/C24H19N5O/c1-15-20(19-8-4-5-9-21(19)26-15)14-25-29-24(30)23-13-22(27-28-23)18-11-10-16-6-2-3-7-17(16)12-18/h2-14,26H,1H3,(H,27,28)(H,29,30). The second-order valence-corrected chi connectivity index (χ2v) is 7.14. The van der Waals surface area contributed by atoms with Crippen molar-refractivity contribution in [3.63, 3.8) is 0 Å². The fraction of sp³-hybridized carbons (Fsp3) is 0.0417. The van der Waals surface area contributed by atoms with Gasteiger partial charge in [-0.2, -0.15) is 10.2 Å². The molecular weight excluding hydrogens is 374 g/mol. The Balaban J connectivity index is 1.34. The van der Waals surface area contributed by atoms with Crippen LogP contribution in [0.15, 0.2) is 77.9 Å². The average molecular weight is 393 g/mol. The number of H-pyrrole nitrogens is 2. The molecule has 2 aromatic heterocycles. The van der Waals surface area contributed by atoms with Gasteiger partial charge in [0.15, 0.2) is 0 Å². The minimum atomic E-state index is -0.344. The van der Waals surface area contributed by atoms with E-state index in [4.69, 9.17) is 0 Å². The molecule has 6 heteroatoms. The molecule has 0 fully saturated rings. The van der Waals surface area contributed by atoms with Crippen LogP contribution in [0.1, 0.15) is 21.7 Å². The maximum absolute atomic E-state index is 12.5. The van der Waals surface area contributed by atoms with Gasteiger partial charge in [-0.05, 0) is 35.9 Å². The molecule has 6 nitrogen and oxygen atoms in total. The number of aromatic nitrogens is 3. The summed E-state index contributed by atoms with van der Waals surface area (Å²) in [7, 11) is 0. The van der Waals surface area contributed by atoms with Crippen LogP contribution in [0.5, 0.6) is 0 Å². The lowest BCUT2D eigenvalue weighted by molar-refractivity contribution is 0.0950. The van der Waals surface area contributed by atoms with Gasteiger partial charge >= 0.3 is 0 Å². The summed E-state index contributed by atoms with van der Waals surface area (Å²) in [6, 6.07) is 24.0. The Morgan fingerprint density at radius 1 is 1.00 bits per heavy atom. The van der Waals surface area contributed by atoms with Crippen molar-refractivity contribution in [2.24, 2.45) is 5.10 Å². The first-order valence-electron chi connectivity index (χ1n) is 9.64. The Hall–Kier alpha value is -4.19. The van der Waals surface area contributed by atoms with Crippen molar-refractivity contribution in [2.45, 2.75) is 6.92 Å². The largest absolute Gasteiger partial charge is 0.358 e. The van der Waals surface area contributed by atoms with Crippen molar-refractivity contribution in [1.29, 1.82) is 0 Å². The smallest absolute Gasteiger partial charge is 0.289 e. The van der Waals surface area contributed by atoms with E-state index in [1.54, 1.807) is 12.3 Å². The van der Waals surface area contributed by atoms with Gasteiger partial charge in [0.2, 0.25) is 0 Å². The van der Waals surface area contributed by atoms with Crippen LogP contribution in [0.25, 0.3) is 32.9 Å². The summed E-state index contributed by atoms with van der Waals surface area (Å²) < 4.78 is 0. The second kappa shape index (κ2) is 7.33. The number of amides is 1. The normalized spacial score (nSPS) is 11.5. The quantitative estimate of drug-likeness (QED) is 0.303. The third-order valence-corrected chi connectivity index (χ3v) is 5.17. The molecule has 1 amide bonds. The number of aromatic amines is 2. The van der Waals surface area contributed by atoms with Crippen molar-refractivity contribution in [3.8, 4) is 11.3 Å². The van der Waals surface area contributed by atoms with E-state index >= 15 is 0 Å². The summed E-state index contributed by atoms with van der Waals surface area (Å²) >= 11 is 0. The molecule has 0 aliphatic carbocycles. The third kappa shape index (κ3) is 3.24. The van der Waals surface area contributed by atoms with E-state index in [1.807, 2.05) is 55.5 Å². The van der Waals surface area contributed by atoms with Gasteiger partial charge in [-0.1, -0.05) is 54.6 Å². The first-order chi connectivity index (χ1) is 14.7. The SMILES string of the molecule is Cc1[nH]c2ccccc2c1C=NNC(=O)c1cc(-c2ccc3ccccc3c2)n[nH]1. The summed E-state index contributed by atoms with van der Waals surface area (Å²) in [4.78, 5) is 15.8. The van der Waals surface area contributed by atoms with E-state index in [1.165, 1.54) is 0 Å². The zero-order valence-electron chi connectivity index (χ0n) is 16.3. The van der Waals surface area contributed by atoms with Crippen LogP contribution in [-0.2, 0) is 0 Å². The minimum Gasteiger partial charge on any atom is -0.358 e. The zero-order chi connectivity index (χ0) is 20.5. The highest BCUT2D eigenvalue weighted by Gasteiger charge is 2.11. The maximum Gasteiger partial charge on any atom is 0.289 e. The molecule has 0 bridgehead atoms. The topological polar surface area (TPSA) is 85.9 Å². The molecule has 0 atom stereocenters. The Bertz CT molecular complexity index is 1410. The number of nitrogens with one attached hydrogen (secondary N) is 3. The molecule has 0 radical (unpaired) electrons. The van der Waals surface area contributed by atoms with E-state index in [9.17, 15) is 4.79 Å². The summed E-state index contributed by atoms with van der Waals surface area (Å²) in [5.74, 6) is -0.344. The monoisotopic (exact) mass is 393 g/mol. The fourth-order valence-corrected chi connectivity index (χ4v) is 3.61. The molecule has 5 rings (SSSR count). The number of hydrogen-bond acceptors (Lipinski definition) is 3. The molecule has 0 aliphatic heterocycles. The van der Waals surface area contributed by atoms with Crippen LogP contribution in [0.4, 0.5) is 0 Å². The van der Waals surface area contributed by atoms with Crippen LogP contribution in [0, 0.1) is 6.92 Å². The van der Waals surface area contributed by atoms with E-state index < -0.39 is 0 Å². The van der Waals surface area contributed by atoms with Gasteiger partial charge in [0.05, 0.1) is 11.9 Å². The summed E-state index contributed by atoms with van der Waals surface area (Å²) in [5, 5.41) is 14.6. The minimum absolute atomic E-state index is 0.344. The highest BCUT2D eigenvalue weighted by Crippen LogP contribution is 2.23. The van der Waals surface area contributed by atoms with Gasteiger partial charge in [0.25, 0.3) is 5.91 Å². The molecule has 0 saturated carbocycles. The summed E-state index contributed by atoms with van der Waals surface area (Å²) in [6.07, 6.45) is 1.66. The Morgan fingerprint density at radius 2 is 1.80 bits per heavy atom. The van der Waals surface area contributed by atoms with Gasteiger partial charge in [-0.3, -0.25) is 9.89 Å². The number of nitrogens with zero attached hydrogens (tertiary/aromatic N) is 2. The molecule has 0 spiro atoms. The number of benzene rings is 3. The second-order valence-electron chi connectivity index (χ2n) is 7.14. The van der Waals surface area contributed by atoms with Gasteiger partial charge in [-0.15, -0.1) is 0 Å². The lowest BCUT2D eigenvalue weighted by Gasteiger charge is -2.00. The van der Waals surface area contributed by atoms with Crippen LogP contribution in [0.3, 0.4) is 0 Å². The Labute approximate surface area is 172 Å². The van der Waals surface area contributed by atoms with Crippen LogP contribution in [0.2, 0.25) is 0 Å². The molecule has 3 aromatic carbocycles. The predicted octanol–water partition coefficient (Wildman–Crippen LogP) is 4.78. The van der Waals surface area contributed by atoms with Crippen molar-refractivity contribution in [1.82, 2.24) is 20.6 Å². The molecule has 0 aliphatic rings. The number of rotatable bonds is 4. The molecule has 3 N–H and O–H groups in total. The van der Waals surface area contributed by atoms with Crippen molar-refractivity contribution in [2.75, 3.05) is 0 Å². The highest BCUT2D eigenvalue weighted by atomic mass is 16.2. The van der Waals surface area contributed by atoms with E-state index in [0.29, 0.717) is 11.4 Å². The van der Waals surface area contributed by atoms with Gasteiger partial charge < -0.3 is 4.98 Å². The predicted molar refractivity (Wildman–Crippen MR) is 120 cm³/mol. The number of hydrazone groups is 1. The third-order valence-electron chi connectivity index (χ3n) is 5.17. The number of carbonyl (C=O) groups is 1. The first-order valence-corrected chi connectivity index (χ1v) is 9.64. The van der Waals surface area contributed by atoms with E-state index in [-0.39, 0.29) is 5.91 Å². The molecule has 5 aromatic rings. The number of hydrogen-bond donors (Lipinski definition) is 3. The Morgan fingerprint density at radius 3 is 2.70 bits per heavy atom. The molecule has 0 saturated heterocycles. The summed E-state index contributed by atoms with van der Waals surface area (Å²) in [6.45, 7) is 1.98. The molecular formula is C24H19N5O. The molecule has 30 heavy (non-hydrogen) atoms. The first kappa shape index (κ1) is 17.9. The molecule has 0 unspecified atom stereocenters. The van der Waals surface area contributed by atoms with E-state index in [2.05, 4.69) is 43.9 Å². The summed E-state index contributed by atoms with van der Waals surface area (Å²) in [5.41, 5.74) is 7.56. The van der Waals surface area contributed by atoms with Gasteiger partial charge in [0, 0.05) is 27.7 Å². The molecule has 2 heterocycles. The Kier molecular flexibility index (Phi) is 4.37. The number of carbonyl (C=O) groups excluding carboxylic acids is 1. The zero-order valence-corrected chi connectivity index (χ0v) is 16.3. The lowest BCUT2D eigenvalue weighted by atomic mass is 10.1. The molecule has 146 valence electrons. The number of fused-ring (bicyclic) bond motifs is 2. The highest BCUT2D eigenvalue weighted by molar-refractivity contribution is 6.01. The van der Waals surface area contributed by atoms with Crippen LogP contribution >= 0.6 is 0 Å². The van der Waals surface area contributed by atoms with Crippen LogP contribution in [-0.4, -0.2) is 27.3 Å². The van der Waals surface area contributed by atoms with Crippen molar-refractivity contribution < 1.29 is 4.79 Å². The van der Waals surface area contributed by atoms with Crippen LogP contribution < -0.4 is 5.43 Å². The number of aryl methyl sites for hydroxylation is 1. The number of para-hydroxylation sites is 1. The lowest BCUT2D eigenvalue weighted by Crippen LogP contribution is -2.18. The fourth-order valence-electron chi connectivity index (χ4n) is 3.61. The van der Waals surface area contributed by atoms with Gasteiger partial charge in [-0.25, -0.2) is 5.43 Å². The maximum atomic E-state index is 12.5. The average Bonchev–Trinajstić information content (AvgIpc) is 3.38. The van der Waals surface area contributed by atoms with Crippen molar-refractivity contribution >= 4 is 33.8 Å². The van der Waals surface area contributed by atoms with E-state index in [0.717, 1.165) is 38.5 Å². The van der Waals surface area contributed by atoms with Gasteiger partial charge in [0.1, 0.15) is 5.69 Å².